The molecule has 2 saturated heterocycles. The minimum Gasteiger partial charge on any atom is -0.444 e. The Kier molecular flexibility index (Phi) is 8.77. The first-order chi connectivity index (χ1) is 26.3. The molecule has 0 bridgehead atoms. The number of alkyl halides is 4. The molecule has 0 spiro atoms. The van der Waals surface area contributed by atoms with E-state index < -0.39 is 52.4 Å². The van der Waals surface area contributed by atoms with E-state index in [9.17, 15) is 9.59 Å². The number of amides is 2. The second kappa shape index (κ2) is 13.1. The molecule has 14 heteroatoms. The molecular formula is C42H44F4N6O4. The summed E-state index contributed by atoms with van der Waals surface area (Å²) in [5.41, 5.74) is -0.118. The lowest BCUT2D eigenvalue weighted by Crippen LogP contribution is -2.39. The van der Waals surface area contributed by atoms with Gasteiger partial charge in [-0.1, -0.05) is 30.3 Å². The standard InChI is InChI=1S/C42H44F4N6O4/c1-39(2,3)55-37(53)51-17-7-9-33(51)35-47-22-32(50-35)25-12-15-27-26-14-11-23(19-28(26)41(43,44)42(45,46)29(27)20-25)24-13-16-30-31(21-24)49-36(48-30)34-10-8-18-52(34)38(54)56-40(4,5)6/h11-16,19-22,33-34H,7-10,17-18H2,1-6H3,(H,47,50)(H,48,49). The summed E-state index contributed by atoms with van der Waals surface area (Å²) in [6, 6.07) is 12.9. The molecular weight excluding hydrogens is 728 g/mol. The minimum absolute atomic E-state index is 0.0117. The maximum atomic E-state index is 16.1. The van der Waals surface area contributed by atoms with Gasteiger partial charge in [0.15, 0.2) is 0 Å². The smallest absolute Gasteiger partial charge is 0.410 e. The average Bonchev–Trinajstić information content (AvgIpc) is 3.94. The molecule has 2 unspecified atom stereocenters. The Hall–Kier alpha value is -5.40. The molecule has 1 aliphatic carbocycles. The average molecular weight is 773 g/mol. The molecule has 3 aromatic carbocycles. The van der Waals surface area contributed by atoms with Gasteiger partial charge in [0.25, 0.3) is 0 Å². The van der Waals surface area contributed by atoms with Crippen molar-refractivity contribution in [2.24, 2.45) is 0 Å². The zero-order chi connectivity index (χ0) is 39.9. The van der Waals surface area contributed by atoms with E-state index in [2.05, 4.69) is 15.0 Å². The first kappa shape index (κ1) is 37.5. The number of H-pyrrole nitrogens is 2. The van der Waals surface area contributed by atoms with Gasteiger partial charge in [-0.25, -0.2) is 19.6 Å². The summed E-state index contributed by atoms with van der Waals surface area (Å²) < 4.78 is 75.5. The van der Waals surface area contributed by atoms with Gasteiger partial charge in [-0.15, -0.1) is 0 Å². The number of fused-ring (bicyclic) bond motifs is 4. The van der Waals surface area contributed by atoms with Crippen molar-refractivity contribution in [3.05, 3.63) is 83.6 Å². The lowest BCUT2D eigenvalue weighted by molar-refractivity contribution is -0.225. The monoisotopic (exact) mass is 772 g/mol. The highest BCUT2D eigenvalue weighted by Gasteiger charge is 2.62. The van der Waals surface area contributed by atoms with E-state index in [0.29, 0.717) is 65.4 Å². The van der Waals surface area contributed by atoms with Crippen LogP contribution in [0.15, 0.2) is 60.8 Å². The molecule has 4 heterocycles. The third-order valence-corrected chi connectivity index (χ3v) is 10.5. The maximum Gasteiger partial charge on any atom is 0.410 e. The highest BCUT2D eigenvalue weighted by Crippen LogP contribution is 2.58. The van der Waals surface area contributed by atoms with Gasteiger partial charge >= 0.3 is 24.0 Å². The van der Waals surface area contributed by atoms with Crippen LogP contribution >= 0.6 is 0 Å². The Balaban J connectivity index is 1.08. The van der Waals surface area contributed by atoms with Crippen LogP contribution in [-0.4, -0.2) is 66.2 Å². The Morgan fingerprint density at radius 2 is 1.20 bits per heavy atom. The molecule has 8 rings (SSSR count). The van der Waals surface area contributed by atoms with E-state index in [0.717, 1.165) is 25.0 Å². The number of ether oxygens (including phenoxy) is 2. The van der Waals surface area contributed by atoms with Gasteiger partial charge in [0.05, 0.1) is 35.0 Å². The summed E-state index contributed by atoms with van der Waals surface area (Å²) in [7, 11) is 0. The van der Waals surface area contributed by atoms with Crippen molar-refractivity contribution in [3.8, 4) is 33.5 Å². The van der Waals surface area contributed by atoms with Crippen LogP contribution in [0.2, 0.25) is 0 Å². The third-order valence-electron chi connectivity index (χ3n) is 10.5. The summed E-state index contributed by atoms with van der Waals surface area (Å²) in [6.45, 7) is 11.8. The van der Waals surface area contributed by atoms with Crippen LogP contribution in [0, 0.1) is 0 Å². The van der Waals surface area contributed by atoms with Crippen molar-refractivity contribution in [2.75, 3.05) is 13.1 Å². The number of hydrogen-bond acceptors (Lipinski definition) is 6. The van der Waals surface area contributed by atoms with Crippen molar-refractivity contribution < 1.29 is 36.6 Å². The molecule has 2 aromatic heterocycles. The van der Waals surface area contributed by atoms with Crippen LogP contribution < -0.4 is 0 Å². The number of hydrogen-bond donors (Lipinski definition) is 2. The first-order valence-electron chi connectivity index (χ1n) is 18.9. The summed E-state index contributed by atoms with van der Waals surface area (Å²) in [6.07, 6.45) is 3.41. The van der Waals surface area contributed by atoms with Crippen molar-refractivity contribution in [1.29, 1.82) is 0 Å². The number of aromatic amines is 2. The first-order valence-corrected chi connectivity index (χ1v) is 18.9. The van der Waals surface area contributed by atoms with Gasteiger partial charge in [-0.05, 0) is 114 Å². The summed E-state index contributed by atoms with van der Waals surface area (Å²) in [4.78, 5) is 44.6. The van der Waals surface area contributed by atoms with Gasteiger partial charge in [-0.2, -0.15) is 17.6 Å². The van der Waals surface area contributed by atoms with Crippen LogP contribution in [0.25, 0.3) is 44.5 Å². The SMILES string of the molecule is CC(C)(C)OC(=O)N1CCCC1c1ncc(-c2ccc3c(c2)C(F)(F)C(F)(F)c2cc(-c4ccc5nc(C6CCCN6C(=O)OC(C)(C)C)[nH]c5c4)ccc2-3)[nH]1. The summed E-state index contributed by atoms with van der Waals surface area (Å²) >= 11 is 0. The van der Waals surface area contributed by atoms with Crippen molar-refractivity contribution in [1.82, 2.24) is 29.7 Å². The highest BCUT2D eigenvalue weighted by molar-refractivity contribution is 5.85. The molecule has 2 aliphatic heterocycles. The van der Waals surface area contributed by atoms with E-state index in [4.69, 9.17) is 14.5 Å². The number of nitrogens with zero attached hydrogens (tertiary/aromatic N) is 4. The topological polar surface area (TPSA) is 116 Å². The lowest BCUT2D eigenvalue weighted by Gasteiger charge is -2.35. The van der Waals surface area contributed by atoms with E-state index in [-0.39, 0.29) is 22.7 Å². The minimum atomic E-state index is -4.53. The molecule has 2 fully saturated rings. The molecule has 2 N–H and O–H groups in total. The highest BCUT2D eigenvalue weighted by atomic mass is 19.3. The normalized spacial score (nSPS) is 20.2. The van der Waals surface area contributed by atoms with Crippen molar-refractivity contribution >= 4 is 23.2 Å². The molecule has 5 aromatic rings. The van der Waals surface area contributed by atoms with Crippen molar-refractivity contribution in [2.45, 2.75) is 102 Å². The number of benzene rings is 3. The van der Waals surface area contributed by atoms with E-state index in [1.54, 1.807) is 60.9 Å². The molecule has 2 atom stereocenters. The van der Waals surface area contributed by atoms with Crippen LogP contribution in [-0.2, 0) is 21.3 Å². The van der Waals surface area contributed by atoms with Crippen LogP contribution in [0.1, 0.15) is 102 Å². The quantitative estimate of drug-likeness (QED) is 0.176. The van der Waals surface area contributed by atoms with Gasteiger partial charge in [0.2, 0.25) is 0 Å². The van der Waals surface area contributed by atoms with Gasteiger partial charge in [0, 0.05) is 29.8 Å². The second-order valence-corrected chi connectivity index (χ2v) is 16.9. The fraction of sp³-hybridized carbons (Fsp3) is 0.429. The van der Waals surface area contributed by atoms with Gasteiger partial charge in [0.1, 0.15) is 22.9 Å². The second-order valence-electron chi connectivity index (χ2n) is 16.9. The number of nitrogens with one attached hydrogen (secondary N) is 2. The zero-order valence-corrected chi connectivity index (χ0v) is 32.1. The maximum absolute atomic E-state index is 16.1. The number of carbonyl (C=O) groups is 2. The summed E-state index contributed by atoms with van der Waals surface area (Å²) in [5, 5.41) is 0. The Morgan fingerprint density at radius 3 is 1.77 bits per heavy atom. The Morgan fingerprint density at radius 1 is 0.696 bits per heavy atom. The third kappa shape index (κ3) is 6.56. The van der Waals surface area contributed by atoms with E-state index in [1.807, 2.05) is 20.8 Å². The number of likely N-dealkylation sites (tertiary alicyclic amines) is 2. The molecule has 56 heavy (non-hydrogen) atoms. The number of carbonyl (C=O) groups excluding carboxylic acids is 2. The number of aromatic nitrogens is 4. The van der Waals surface area contributed by atoms with Crippen LogP contribution in [0.5, 0.6) is 0 Å². The molecule has 0 saturated carbocycles. The van der Waals surface area contributed by atoms with Gasteiger partial charge in [-0.3, -0.25) is 9.80 Å². The predicted octanol–water partition coefficient (Wildman–Crippen LogP) is 10.6. The molecule has 10 nitrogen and oxygen atoms in total. The number of halogens is 4. The predicted molar refractivity (Wildman–Crippen MR) is 202 cm³/mol. The molecule has 2 amide bonds. The molecule has 0 radical (unpaired) electrons. The molecule has 3 aliphatic rings. The summed E-state index contributed by atoms with van der Waals surface area (Å²) in [5.74, 6) is -8.02. The number of imidazole rings is 2. The lowest BCUT2D eigenvalue weighted by atomic mass is 9.78. The van der Waals surface area contributed by atoms with Gasteiger partial charge < -0.3 is 19.4 Å². The fourth-order valence-corrected chi connectivity index (χ4v) is 7.96. The Labute approximate surface area is 321 Å². The largest absolute Gasteiger partial charge is 0.444 e. The number of rotatable bonds is 4. The van der Waals surface area contributed by atoms with Crippen LogP contribution in [0.3, 0.4) is 0 Å². The fourth-order valence-electron chi connectivity index (χ4n) is 7.96. The molecule has 294 valence electrons. The van der Waals surface area contributed by atoms with E-state index >= 15 is 17.6 Å². The van der Waals surface area contributed by atoms with E-state index in [1.165, 1.54) is 18.3 Å². The zero-order valence-electron chi connectivity index (χ0n) is 32.1. The Bertz CT molecular complexity index is 2360. The van der Waals surface area contributed by atoms with Crippen molar-refractivity contribution in [3.63, 3.8) is 0 Å². The van der Waals surface area contributed by atoms with Crippen LogP contribution in [0.4, 0.5) is 27.2 Å².